The van der Waals surface area contributed by atoms with E-state index in [4.69, 9.17) is 4.74 Å². The van der Waals surface area contributed by atoms with Crippen LogP contribution in [0.15, 0.2) is 35.1 Å². The molecule has 70 valence electrons. The van der Waals surface area contributed by atoms with E-state index in [1.807, 2.05) is 0 Å². The number of hydrogen-bond donors (Lipinski definition) is 1. The number of rotatable bonds is 1. The first-order valence-corrected chi connectivity index (χ1v) is 4.76. The van der Waals surface area contributed by atoms with Gasteiger partial charge >= 0.3 is 0 Å². The Bertz CT molecular complexity index is 286. The normalized spacial score (nSPS) is 22.1. The number of ether oxygens (including phenoxy) is 1. The third-order valence-corrected chi connectivity index (χ3v) is 2.52. The van der Waals surface area contributed by atoms with Gasteiger partial charge < -0.3 is 10.1 Å². The maximum Gasteiger partial charge on any atom is 0.122 e. The van der Waals surface area contributed by atoms with Crippen molar-refractivity contribution in [2.24, 2.45) is 0 Å². The molecule has 1 aliphatic carbocycles. The standard InChI is InChI=1S/C11H15NO/c1-13-11-4-2-3-9-5-7-12-8-6-10(9)11/h3-4,6,12H,2,5,7-8H2,1H3. The lowest BCUT2D eigenvalue weighted by molar-refractivity contribution is 0.299. The molecule has 0 saturated carbocycles. The zero-order valence-electron chi connectivity index (χ0n) is 7.97. The van der Waals surface area contributed by atoms with Crippen LogP contribution in [-0.2, 0) is 4.74 Å². The van der Waals surface area contributed by atoms with Gasteiger partial charge in [0.1, 0.15) is 5.76 Å². The van der Waals surface area contributed by atoms with Crippen LogP contribution in [0.3, 0.4) is 0 Å². The van der Waals surface area contributed by atoms with Crippen LogP contribution in [-0.4, -0.2) is 20.2 Å². The molecule has 0 atom stereocenters. The fourth-order valence-electron chi connectivity index (χ4n) is 1.85. The fraction of sp³-hybridized carbons (Fsp3) is 0.455. The molecule has 0 aromatic carbocycles. The molecule has 2 heteroatoms. The Balaban J connectivity index is 2.28. The van der Waals surface area contributed by atoms with Gasteiger partial charge in [0, 0.05) is 12.1 Å². The van der Waals surface area contributed by atoms with Gasteiger partial charge in [-0.05, 0) is 31.0 Å². The molecule has 1 heterocycles. The van der Waals surface area contributed by atoms with E-state index in [1.165, 1.54) is 11.1 Å². The summed E-state index contributed by atoms with van der Waals surface area (Å²) >= 11 is 0. The van der Waals surface area contributed by atoms with Gasteiger partial charge in [0.15, 0.2) is 0 Å². The topological polar surface area (TPSA) is 21.3 Å². The van der Waals surface area contributed by atoms with E-state index in [-0.39, 0.29) is 0 Å². The number of fused-ring (bicyclic) bond motifs is 1. The van der Waals surface area contributed by atoms with Crippen LogP contribution in [0.25, 0.3) is 0 Å². The molecular weight excluding hydrogens is 162 g/mol. The number of nitrogens with one attached hydrogen (secondary N) is 1. The van der Waals surface area contributed by atoms with Crippen LogP contribution in [0.2, 0.25) is 0 Å². The van der Waals surface area contributed by atoms with Gasteiger partial charge in [-0.3, -0.25) is 0 Å². The molecule has 0 aromatic rings. The molecule has 0 radical (unpaired) electrons. The van der Waals surface area contributed by atoms with Crippen LogP contribution in [0.5, 0.6) is 0 Å². The van der Waals surface area contributed by atoms with Crippen molar-refractivity contribution < 1.29 is 4.74 Å². The van der Waals surface area contributed by atoms with Crippen LogP contribution in [0.4, 0.5) is 0 Å². The summed E-state index contributed by atoms with van der Waals surface area (Å²) in [5.41, 5.74) is 2.73. The average molecular weight is 177 g/mol. The minimum absolute atomic E-state index is 0.952. The first-order chi connectivity index (χ1) is 6.42. The summed E-state index contributed by atoms with van der Waals surface area (Å²) in [4.78, 5) is 0. The SMILES string of the molecule is COC1=CCC=C2CCNCC=C21. The lowest BCUT2D eigenvalue weighted by Gasteiger charge is -2.16. The largest absolute Gasteiger partial charge is 0.496 e. The highest BCUT2D eigenvalue weighted by Gasteiger charge is 2.15. The molecule has 0 amide bonds. The molecule has 2 aliphatic rings. The second-order valence-corrected chi connectivity index (χ2v) is 3.31. The van der Waals surface area contributed by atoms with Gasteiger partial charge in [-0.25, -0.2) is 0 Å². The van der Waals surface area contributed by atoms with E-state index in [0.29, 0.717) is 0 Å². The first-order valence-electron chi connectivity index (χ1n) is 4.76. The summed E-state index contributed by atoms with van der Waals surface area (Å²) in [5, 5.41) is 3.35. The highest BCUT2D eigenvalue weighted by molar-refractivity contribution is 5.47. The predicted octanol–water partition coefficient (Wildman–Crippen LogP) is 1.77. The number of hydrogen-bond acceptors (Lipinski definition) is 2. The van der Waals surface area contributed by atoms with Crippen LogP contribution < -0.4 is 5.32 Å². The summed E-state index contributed by atoms with van der Waals surface area (Å²) in [6.07, 6.45) is 8.78. The summed E-state index contributed by atoms with van der Waals surface area (Å²) < 4.78 is 5.34. The molecular formula is C11H15NO. The van der Waals surface area contributed by atoms with E-state index >= 15 is 0 Å². The highest BCUT2D eigenvalue weighted by atomic mass is 16.5. The summed E-state index contributed by atoms with van der Waals surface area (Å²) in [6, 6.07) is 0. The maximum absolute atomic E-state index is 5.34. The third kappa shape index (κ3) is 1.68. The molecule has 1 aliphatic heterocycles. The molecule has 0 aromatic heterocycles. The minimum atomic E-state index is 0.952. The van der Waals surface area contributed by atoms with Gasteiger partial charge in [-0.2, -0.15) is 0 Å². The van der Waals surface area contributed by atoms with Crippen molar-refractivity contribution in [3.8, 4) is 0 Å². The fourth-order valence-corrected chi connectivity index (χ4v) is 1.85. The van der Waals surface area contributed by atoms with Crippen LogP contribution in [0.1, 0.15) is 12.8 Å². The molecule has 13 heavy (non-hydrogen) atoms. The summed E-state index contributed by atoms with van der Waals surface area (Å²) in [7, 11) is 1.74. The van der Waals surface area contributed by atoms with Crippen molar-refractivity contribution in [2.45, 2.75) is 12.8 Å². The lowest BCUT2D eigenvalue weighted by Crippen LogP contribution is -2.12. The second kappa shape index (κ2) is 3.79. The Morgan fingerprint density at radius 3 is 3.08 bits per heavy atom. The zero-order valence-corrected chi connectivity index (χ0v) is 7.97. The van der Waals surface area contributed by atoms with Crippen molar-refractivity contribution >= 4 is 0 Å². The van der Waals surface area contributed by atoms with Gasteiger partial charge in [-0.1, -0.05) is 12.2 Å². The quantitative estimate of drug-likeness (QED) is 0.659. The smallest absolute Gasteiger partial charge is 0.122 e. The maximum atomic E-state index is 5.34. The number of allylic oxidation sites excluding steroid dienone is 3. The minimum Gasteiger partial charge on any atom is -0.496 e. The summed E-state index contributed by atoms with van der Waals surface area (Å²) in [6.45, 7) is 2.02. The van der Waals surface area contributed by atoms with Crippen molar-refractivity contribution in [3.05, 3.63) is 35.1 Å². The average Bonchev–Trinajstić information content (AvgIpc) is 2.41. The van der Waals surface area contributed by atoms with Gasteiger partial charge in [0.2, 0.25) is 0 Å². The van der Waals surface area contributed by atoms with Gasteiger partial charge in [-0.15, -0.1) is 0 Å². The Morgan fingerprint density at radius 2 is 2.23 bits per heavy atom. The Kier molecular flexibility index (Phi) is 2.50. The Hall–Kier alpha value is -1.02. The van der Waals surface area contributed by atoms with Gasteiger partial charge in [0.05, 0.1) is 7.11 Å². The van der Waals surface area contributed by atoms with Crippen molar-refractivity contribution in [2.75, 3.05) is 20.2 Å². The molecule has 0 fully saturated rings. The van der Waals surface area contributed by atoms with E-state index in [9.17, 15) is 0 Å². The Labute approximate surface area is 79.0 Å². The molecule has 2 nitrogen and oxygen atoms in total. The van der Waals surface area contributed by atoms with Crippen molar-refractivity contribution in [1.29, 1.82) is 0 Å². The van der Waals surface area contributed by atoms with E-state index in [1.54, 1.807) is 7.11 Å². The van der Waals surface area contributed by atoms with Crippen LogP contribution >= 0.6 is 0 Å². The van der Waals surface area contributed by atoms with Crippen LogP contribution in [0, 0.1) is 0 Å². The first kappa shape index (κ1) is 8.57. The predicted molar refractivity (Wildman–Crippen MR) is 53.4 cm³/mol. The van der Waals surface area contributed by atoms with E-state index in [0.717, 1.165) is 31.7 Å². The van der Waals surface area contributed by atoms with Gasteiger partial charge in [0.25, 0.3) is 0 Å². The molecule has 0 bridgehead atoms. The number of methoxy groups -OCH3 is 1. The van der Waals surface area contributed by atoms with Crippen molar-refractivity contribution in [1.82, 2.24) is 5.32 Å². The molecule has 1 N–H and O–H groups in total. The third-order valence-electron chi connectivity index (χ3n) is 2.52. The Morgan fingerprint density at radius 1 is 1.31 bits per heavy atom. The molecule has 0 unspecified atom stereocenters. The zero-order chi connectivity index (χ0) is 9.10. The molecule has 0 saturated heterocycles. The summed E-state index contributed by atoms with van der Waals surface area (Å²) in [5.74, 6) is 1.04. The highest BCUT2D eigenvalue weighted by Crippen LogP contribution is 2.28. The monoisotopic (exact) mass is 177 g/mol. The second-order valence-electron chi connectivity index (χ2n) is 3.31. The van der Waals surface area contributed by atoms with E-state index in [2.05, 4.69) is 23.5 Å². The lowest BCUT2D eigenvalue weighted by atomic mass is 9.95. The molecule has 2 rings (SSSR count). The molecule has 0 spiro atoms. The van der Waals surface area contributed by atoms with Crippen molar-refractivity contribution in [3.63, 3.8) is 0 Å². The van der Waals surface area contributed by atoms with E-state index < -0.39 is 0 Å².